The Kier molecular flexibility index (Phi) is 5.48. The summed E-state index contributed by atoms with van der Waals surface area (Å²) in [5, 5.41) is 11.2. The number of hydrogen-bond acceptors (Lipinski definition) is 5. The van der Waals surface area contributed by atoms with Gasteiger partial charge in [0, 0.05) is 12.1 Å². The Hall–Kier alpha value is -3.28. The first kappa shape index (κ1) is 20.0. The summed E-state index contributed by atoms with van der Waals surface area (Å²) in [4.78, 5) is 27.5. The van der Waals surface area contributed by atoms with Gasteiger partial charge in [-0.3, -0.25) is 9.59 Å². The van der Waals surface area contributed by atoms with E-state index >= 15 is 0 Å². The summed E-state index contributed by atoms with van der Waals surface area (Å²) in [6.07, 6.45) is 1.67. The van der Waals surface area contributed by atoms with Crippen LogP contribution in [0.1, 0.15) is 42.5 Å². The van der Waals surface area contributed by atoms with Crippen molar-refractivity contribution in [3.8, 4) is 11.5 Å². The number of ketones is 1. The molecule has 0 bridgehead atoms. The molecule has 1 atom stereocenters. The topological polar surface area (TPSA) is 76.1 Å². The second-order valence-corrected chi connectivity index (χ2v) is 7.56. The van der Waals surface area contributed by atoms with Crippen LogP contribution in [0, 0.1) is 6.92 Å². The van der Waals surface area contributed by atoms with Crippen molar-refractivity contribution in [2.24, 2.45) is 0 Å². The molecule has 1 saturated heterocycles. The number of nitrogens with zero attached hydrogens (tertiary/aromatic N) is 1. The Labute approximate surface area is 175 Å². The molecule has 1 amide bonds. The maximum Gasteiger partial charge on any atom is 0.295 e. The Bertz CT molecular complexity index is 1030. The van der Waals surface area contributed by atoms with Gasteiger partial charge in [0.1, 0.15) is 19.0 Å². The van der Waals surface area contributed by atoms with Crippen LogP contribution in [-0.4, -0.2) is 41.5 Å². The van der Waals surface area contributed by atoms with Gasteiger partial charge in [-0.2, -0.15) is 0 Å². The molecule has 1 unspecified atom stereocenters. The molecule has 2 aliphatic heterocycles. The van der Waals surface area contributed by atoms with Crippen LogP contribution in [0.2, 0.25) is 0 Å². The van der Waals surface area contributed by atoms with Gasteiger partial charge in [-0.1, -0.05) is 37.6 Å². The van der Waals surface area contributed by atoms with Crippen molar-refractivity contribution in [3.05, 3.63) is 64.7 Å². The fourth-order valence-electron chi connectivity index (χ4n) is 4.00. The molecule has 1 fully saturated rings. The average Bonchev–Trinajstić information content (AvgIpc) is 3.01. The first-order valence-corrected chi connectivity index (χ1v) is 10.3. The maximum atomic E-state index is 13.0. The first-order valence-electron chi connectivity index (χ1n) is 10.3. The lowest BCUT2D eigenvalue weighted by Gasteiger charge is -2.26. The Morgan fingerprint density at radius 2 is 1.83 bits per heavy atom. The van der Waals surface area contributed by atoms with Crippen LogP contribution in [0.5, 0.6) is 11.5 Å². The molecule has 0 radical (unpaired) electrons. The summed E-state index contributed by atoms with van der Waals surface area (Å²) in [5.41, 5.74) is 2.33. The van der Waals surface area contributed by atoms with Gasteiger partial charge < -0.3 is 19.5 Å². The fraction of sp³-hybridized carbons (Fsp3) is 0.333. The number of aryl methyl sites for hydroxylation is 1. The first-order chi connectivity index (χ1) is 14.5. The highest BCUT2D eigenvalue weighted by molar-refractivity contribution is 6.46. The molecule has 0 saturated carbocycles. The van der Waals surface area contributed by atoms with Crippen LogP contribution in [0.3, 0.4) is 0 Å². The number of hydrogen-bond donors (Lipinski definition) is 1. The standard InChI is InChI=1S/C24H25NO5/c1-3-4-11-25-21(17-8-6-5-7-15(17)2)20(23(27)24(25)28)22(26)16-9-10-18-19(14-16)30-13-12-29-18/h5-10,14,21,26H,3-4,11-13H2,1-2H3/b22-20+. The monoisotopic (exact) mass is 407 g/mol. The zero-order valence-corrected chi connectivity index (χ0v) is 17.2. The minimum absolute atomic E-state index is 0.113. The highest BCUT2D eigenvalue weighted by Crippen LogP contribution is 2.42. The van der Waals surface area contributed by atoms with E-state index in [-0.39, 0.29) is 11.3 Å². The lowest BCUT2D eigenvalue weighted by Crippen LogP contribution is -2.30. The minimum atomic E-state index is -0.660. The van der Waals surface area contributed by atoms with Gasteiger partial charge in [0.25, 0.3) is 11.7 Å². The van der Waals surface area contributed by atoms with Crippen LogP contribution in [0.25, 0.3) is 5.76 Å². The number of ether oxygens (including phenoxy) is 2. The molecule has 6 nitrogen and oxygen atoms in total. The van der Waals surface area contributed by atoms with E-state index in [1.165, 1.54) is 0 Å². The largest absolute Gasteiger partial charge is 0.507 e. The van der Waals surface area contributed by atoms with Gasteiger partial charge in [0.2, 0.25) is 0 Å². The van der Waals surface area contributed by atoms with Crippen LogP contribution in [0.4, 0.5) is 0 Å². The predicted molar refractivity (Wildman–Crippen MR) is 113 cm³/mol. The number of likely N-dealkylation sites (tertiary alicyclic amines) is 1. The zero-order chi connectivity index (χ0) is 21.3. The van der Waals surface area contributed by atoms with Crippen molar-refractivity contribution < 1.29 is 24.2 Å². The van der Waals surface area contributed by atoms with E-state index in [4.69, 9.17) is 9.47 Å². The third kappa shape index (κ3) is 3.43. The summed E-state index contributed by atoms with van der Waals surface area (Å²) in [6, 6.07) is 12.1. The van der Waals surface area contributed by atoms with Gasteiger partial charge in [0.15, 0.2) is 11.5 Å². The number of unbranched alkanes of at least 4 members (excludes halogenated alkanes) is 1. The molecule has 4 rings (SSSR count). The quantitative estimate of drug-likeness (QED) is 0.461. The minimum Gasteiger partial charge on any atom is -0.507 e. The summed E-state index contributed by atoms with van der Waals surface area (Å²) >= 11 is 0. The van der Waals surface area contributed by atoms with E-state index in [0.29, 0.717) is 36.8 Å². The number of rotatable bonds is 5. The van der Waals surface area contributed by atoms with Crippen LogP contribution < -0.4 is 9.47 Å². The van der Waals surface area contributed by atoms with Crippen molar-refractivity contribution in [1.82, 2.24) is 4.90 Å². The lowest BCUT2D eigenvalue weighted by atomic mass is 9.92. The van der Waals surface area contributed by atoms with E-state index in [0.717, 1.165) is 24.0 Å². The van der Waals surface area contributed by atoms with E-state index in [1.54, 1.807) is 23.1 Å². The average molecular weight is 407 g/mol. The van der Waals surface area contributed by atoms with Crippen LogP contribution in [-0.2, 0) is 9.59 Å². The second-order valence-electron chi connectivity index (χ2n) is 7.56. The molecule has 0 spiro atoms. The van der Waals surface area contributed by atoms with Crippen molar-refractivity contribution in [2.45, 2.75) is 32.7 Å². The smallest absolute Gasteiger partial charge is 0.295 e. The number of aliphatic hydroxyl groups excluding tert-OH is 1. The molecule has 0 aliphatic carbocycles. The van der Waals surface area contributed by atoms with E-state index < -0.39 is 17.7 Å². The van der Waals surface area contributed by atoms with Crippen molar-refractivity contribution in [2.75, 3.05) is 19.8 Å². The predicted octanol–water partition coefficient (Wildman–Crippen LogP) is 3.99. The molecular weight excluding hydrogens is 382 g/mol. The number of benzene rings is 2. The molecule has 2 heterocycles. The van der Waals surface area contributed by atoms with Gasteiger partial charge in [-0.05, 0) is 42.7 Å². The highest BCUT2D eigenvalue weighted by atomic mass is 16.6. The molecule has 30 heavy (non-hydrogen) atoms. The second kappa shape index (κ2) is 8.22. The molecule has 1 N–H and O–H groups in total. The Balaban J connectivity index is 1.85. The number of carbonyl (C=O) groups is 2. The van der Waals surface area contributed by atoms with E-state index in [2.05, 4.69) is 0 Å². The van der Waals surface area contributed by atoms with Crippen molar-refractivity contribution in [3.63, 3.8) is 0 Å². The lowest BCUT2D eigenvalue weighted by molar-refractivity contribution is -0.139. The molecule has 0 aromatic heterocycles. The van der Waals surface area contributed by atoms with E-state index in [9.17, 15) is 14.7 Å². The third-order valence-corrected chi connectivity index (χ3v) is 5.59. The van der Waals surface area contributed by atoms with Crippen molar-refractivity contribution >= 4 is 17.4 Å². The number of carbonyl (C=O) groups excluding carboxylic acids is 2. The third-order valence-electron chi connectivity index (χ3n) is 5.59. The number of amides is 1. The van der Waals surface area contributed by atoms with Crippen LogP contribution >= 0.6 is 0 Å². The van der Waals surface area contributed by atoms with Crippen molar-refractivity contribution in [1.29, 1.82) is 0 Å². The van der Waals surface area contributed by atoms with Gasteiger partial charge in [-0.25, -0.2) is 0 Å². The van der Waals surface area contributed by atoms with Crippen LogP contribution in [0.15, 0.2) is 48.0 Å². The molecule has 2 aliphatic rings. The zero-order valence-electron chi connectivity index (χ0n) is 17.2. The highest BCUT2D eigenvalue weighted by Gasteiger charge is 2.46. The number of aliphatic hydroxyl groups is 1. The normalized spacial score (nSPS) is 19.9. The number of fused-ring (bicyclic) bond motifs is 1. The molecule has 2 aromatic carbocycles. The summed E-state index contributed by atoms with van der Waals surface area (Å²) in [6.45, 7) is 5.32. The SMILES string of the molecule is CCCCN1C(=O)C(=O)/C(=C(/O)c2ccc3c(c2)OCCO3)C1c1ccccc1C. The fourth-order valence-corrected chi connectivity index (χ4v) is 4.00. The molecule has 2 aromatic rings. The molecule has 6 heteroatoms. The summed E-state index contributed by atoms with van der Waals surface area (Å²) < 4.78 is 11.1. The molecular formula is C24H25NO5. The van der Waals surface area contributed by atoms with Gasteiger partial charge in [-0.15, -0.1) is 0 Å². The maximum absolute atomic E-state index is 13.0. The molecule has 156 valence electrons. The Morgan fingerprint density at radius 3 is 2.57 bits per heavy atom. The number of Topliss-reactive ketones (excluding diaryl/α,β-unsaturated/α-hetero) is 1. The van der Waals surface area contributed by atoms with Gasteiger partial charge >= 0.3 is 0 Å². The van der Waals surface area contributed by atoms with E-state index in [1.807, 2.05) is 38.1 Å². The Morgan fingerprint density at radius 1 is 1.10 bits per heavy atom. The summed E-state index contributed by atoms with van der Waals surface area (Å²) in [7, 11) is 0. The van der Waals surface area contributed by atoms with Gasteiger partial charge in [0.05, 0.1) is 11.6 Å². The summed E-state index contributed by atoms with van der Waals surface area (Å²) in [5.74, 6) is -0.324.